The summed E-state index contributed by atoms with van der Waals surface area (Å²) in [6, 6.07) is 5.27. The monoisotopic (exact) mass is 272 g/mol. The molecule has 0 aliphatic carbocycles. The number of amides is 1. The van der Waals surface area contributed by atoms with Gasteiger partial charge in [-0.15, -0.1) is 0 Å². The first-order valence-corrected chi connectivity index (χ1v) is 5.62. The third kappa shape index (κ3) is 3.73. The van der Waals surface area contributed by atoms with Crippen LogP contribution in [0.4, 0.5) is 0 Å². The Kier molecular flexibility index (Phi) is 5.95. The third-order valence-corrected chi connectivity index (χ3v) is 2.74. The fourth-order valence-electron chi connectivity index (χ4n) is 1.03. The van der Waals surface area contributed by atoms with Crippen molar-refractivity contribution in [2.45, 2.75) is 4.90 Å². The van der Waals surface area contributed by atoms with Crippen molar-refractivity contribution in [1.29, 1.82) is 0 Å². The Labute approximate surface area is 121 Å². The predicted molar refractivity (Wildman–Crippen MR) is 60.0 cm³/mol. The normalized spacial score (nSPS) is 10.4. The summed E-state index contributed by atoms with van der Waals surface area (Å²) >= 11 is 5.39. The first kappa shape index (κ1) is 15.9. The number of benzene rings is 1. The molecule has 1 rings (SSSR count). The van der Waals surface area contributed by atoms with Crippen LogP contribution in [0.25, 0.3) is 0 Å². The molecule has 0 heterocycles. The Morgan fingerprint density at radius 3 is 2.31 bits per heavy atom. The Morgan fingerprint density at radius 1 is 1.38 bits per heavy atom. The second-order valence-corrected chi connectivity index (χ2v) is 4.65. The van der Waals surface area contributed by atoms with Crippen LogP contribution in [-0.2, 0) is 10.1 Å². The van der Waals surface area contributed by atoms with Gasteiger partial charge in [-0.1, -0.05) is 12.1 Å². The molecule has 83 valence electrons. The topological polar surface area (TPSA) is 74.7 Å². The van der Waals surface area contributed by atoms with Gasteiger partial charge in [0.05, 0.1) is 5.56 Å². The van der Waals surface area contributed by atoms with Crippen molar-refractivity contribution in [3.8, 4) is 0 Å². The Balaban J connectivity index is 0.00000225. The maximum Gasteiger partial charge on any atom is 0.295 e. The Bertz CT molecular complexity index is 489. The van der Waals surface area contributed by atoms with Gasteiger partial charge in [-0.3, -0.25) is 13.8 Å². The quantitative estimate of drug-likeness (QED) is 0.490. The molecule has 1 aromatic rings. The zero-order chi connectivity index (χ0) is 11.6. The average molecular weight is 273 g/mol. The van der Waals surface area contributed by atoms with Crippen LogP contribution in [0.1, 0.15) is 10.4 Å². The van der Waals surface area contributed by atoms with E-state index in [-0.39, 0.29) is 35.1 Å². The zero-order valence-corrected chi connectivity index (χ0v) is 12.3. The molecule has 0 unspecified atom stereocenters. The van der Waals surface area contributed by atoms with E-state index in [4.69, 9.17) is 16.3 Å². The average Bonchev–Trinajstić information content (AvgIpc) is 2.15. The molecule has 0 fully saturated rings. The zero-order valence-electron chi connectivity index (χ0n) is 8.71. The van der Waals surface area contributed by atoms with E-state index >= 15 is 0 Å². The summed E-state index contributed by atoms with van der Waals surface area (Å²) in [6.07, 6.45) is 0. The van der Waals surface area contributed by atoms with Crippen molar-refractivity contribution in [1.82, 2.24) is 4.42 Å². The molecular weight excluding hydrogens is 265 g/mol. The van der Waals surface area contributed by atoms with Gasteiger partial charge in [0, 0.05) is 48.4 Å². The van der Waals surface area contributed by atoms with Gasteiger partial charge in [0.2, 0.25) is 0 Å². The van der Waals surface area contributed by atoms with Gasteiger partial charge < -0.3 is 0 Å². The van der Waals surface area contributed by atoms with Crippen LogP contribution in [0.2, 0.25) is 0 Å². The summed E-state index contributed by atoms with van der Waals surface area (Å²) in [6.45, 7) is 0. The summed E-state index contributed by atoms with van der Waals surface area (Å²) in [7, 11) is -3.15. The smallest absolute Gasteiger partial charge is 0.282 e. The van der Waals surface area contributed by atoms with Gasteiger partial charge in [-0.2, -0.15) is 8.42 Å². The number of carbonyl (C=O) groups is 1. The molecule has 0 saturated heterocycles. The second-order valence-electron chi connectivity index (χ2n) is 2.75. The van der Waals surface area contributed by atoms with Crippen LogP contribution in [0.5, 0.6) is 0 Å². The number of hydrogen-bond acceptors (Lipinski definition) is 3. The predicted octanol–water partition coefficient (Wildman–Crippen LogP) is 0.778. The number of rotatable bonds is 2. The molecule has 0 spiro atoms. The maximum atomic E-state index is 11.4. The Hall–Kier alpha value is -0.110. The molecule has 5 nitrogen and oxygen atoms in total. The fraction of sp³-hybridized carbons (Fsp3) is 0.125. The molecule has 1 aromatic carbocycles. The molecule has 1 radical (unpaired) electrons. The van der Waals surface area contributed by atoms with E-state index in [1.54, 1.807) is 0 Å². The maximum absolute atomic E-state index is 11.4. The van der Waals surface area contributed by atoms with Crippen LogP contribution in [0.15, 0.2) is 29.2 Å². The third-order valence-electron chi connectivity index (χ3n) is 1.68. The molecule has 0 aliphatic rings. The van der Waals surface area contributed by atoms with Crippen LogP contribution in [0.3, 0.4) is 0 Å². The summed E-state index contributed by atoms with van der Waals surface area (Å²) < 4.78 is 31.4. The van der Waals surface area contributed by atoms with Crippen LogP contribution in [0, 0.1) is 0 Å². The number of hydrogen-bond donors (Lipinski definition) is 1. The summed E-state index contributed by atoms with van der Waals surface area (Å²) in [4.78, 5) is 11.0. The van der Waals surface area contributed by atoms with Crippen LogP contribution in [-0.4, -0.2) is 59.9 Å². The van der Waals surface area contributed by atoms with E-state index < -0.39 is 20.9 Å². The molecule has 16 heavy (non-hydrogen) atoms. The summed E-state index contributed by atoms with van der Waals surface area (Å²) in [5.41, 5.74) is -0.169. The standard InChI is InChI=1S/C8H8ClNO4S.Na/c1-10(9)8(11)6-4-2-3-5-7(6)15(12,13)14;/h2-5H,1H3,(H,12,13,14);. The molecule has 0 atom stereocenters. The largest absolute Gasteiger partial charge is 0.295 e. The van der Waals surface area contributed by atoms with Crippen molar-refractivity contribution >= 4 is 57.4 Å². The van der Waals surface area contributed by atoms with Gasteiger partial charge in [-0.05, 0) is 12.1 Å². The van der Waals surface area contributed by atoms with E-state index in [0.29, 0.717) is 4.42 Å². The van der Waals surface area contributed by atoms with Crippen molar-refractivity contribution in [3.05, 3.63) is 29.8 Å². The van der Waals surface area contributed by atoms with Gasteiger partial charge in [-0.25, -0.2) is 0 Å². The first-order chi connectivity index (χ1) is 6.84. The van der Waals surface area contributed by atoms with Gasteiger partial charge >= 0.3 is 0 Å². The van der Waals surface area contributed by atoms with Crippen LogP contribution >= 0.6 is 11.8 Å². The molecule has 0 aliphatic heterocycles. The summed E-state index contributed by atoms with van der Waals surface area (Å²) in [5.74, 6) is -0.704. The van der Waals surface area contributed by atoms with Gasteiger partial charge in [0.25, 0.3) is 16.0 Å². The molecule has 1 N–H and O–H groups in total. The molecule has 0 bridgehead atoms. The van der Waals surface area contributed by atoms with E-state index in [0.717, 1.165) is 6.07 Å². The minimum absolute atomic E-state index is 0. The minimum atomic E-state index is -4.42. The SMILES string of the molecule is CN(Cl)C(=O)c1ccccc1S(=O)(=O)O.[Na]. The van der Waals surface area contributed by atoms with E-state index in [2.05, 4.69) is 0 Å². The fourth-order valence-corrected chi connectivity index (χ4v) is 1.81. The Morgan fingerprint density at radius 2 is 1.88 bits per heavy atom. The van der Waals surface area contributed by atoms with Gasteiger partial charge in [0.15, 0.2) is 0 Å². The number of carbonyl (C=O) groups excluding carboxylic acids is 1. The second kappa shape index (κ2) is 6.00. The van der Waals surface area contributed by atoms with Crippen molar-refractivity contribution in [3.63, 3.8) is 0 Å². The molecule has 0 aromatic heterocycles. The van der Waals surface area contributed by atoms with Crippen molar-refractivity contribution in [2.75, 3.05) is 7.05 Å². The van der Waals surface area contributed by atoms with E-state index in [9.17, 15) is 13.2 Å². The van der Waals surface area contributed by atoms with Crippen molar-refractivity contribution in [2.24, 2.45) is 0 Å². The van der Waals surface area contributed by atoms with Gasteiger partial charge in [0.1, 0.15) is 4.90 Å². The molecule has 8 heteroatoms. The summed E-state index contributed by atoms with van der Waals surface area (Å²) in [5, 5.41) is 0. The van der Waals surface area contributed by atoms with Crippen LogP contribution < -0.4 is 0 Å². The van der Waals surface area contributed by atoms with E-state index in [1.165, 1.54) is 25.2 Å². The molecular formula is C8H8ClNNaO4S. The molecule has 0 saturated carbocycles. The number of nitrogens with zero attached hydrogens (tertiary/aromatic N) is 1. The van der Waals surface area contributed by atoms with Crippen molar-refractivity contribution < 1.29 is 17.8 Å². The van der Waals surface area contributed by atoms with E-state index in [1.807, 2.05) is 0 Å². The number of halogens is 1. The minimum Gasteiger partial charge on any atom is -0.282 e. The molecule has 1 amide bonds. The first-order valence-electron chi connectivity index (χ1n) is 3.84.